The number of likely N-dealkylation sites (tertiary alicyclic amines) is 1. The van der Waals surface area contributed by atoms with Crippen molar-refractivity contribution in [2.75, 3.05) is 27.2 Å². The molecule has 0 aliphatic carbocycles. The molecule has 1 aliphatic rings. The fourth-order valence-electron chi connectivity index (χ4n) is 4.22. The third-order valence-electron chi connectivity index (χ3n) is 6.06. The summed E-state index contributed by atoms with van der Waals surface area (Å²) in [6.45, 7) is 1.17. The predicted molar refractivity (Wildman–Crippen MR) is 135 cm³/mol. The Bertz CT molecular complexity index is 1220. The number of furan rings is 1. The Hall–Kier alpha value is -3.72. The highest BCUT2D eigenvalue weighted by atomic mass is 35.5. The molecule has 2 atom stereocenters. The first kappa shape index (κ1) is 25.9. The number of hydrogen-bond donors (Lipinski definition) is 3. The highest BCUT2D eigenvalue weighted by Gasteiger charge is 2.29. The SMILES string of the molecule is CN(C)C(=O)N1CC[C@H](Oc2ccc(C(Cc3occ4cc(C(=N)N)ccc34)C(=O)O)cc2)C1.Cl. The highest BCUT2D eigenvalue weighted by Crippen LogP contribution is 2.30. The minimum Gasteiger partial charge on any atom is -0.489 e. The number of amides is 2. The number of halogens is 1. The average Bonchev–Trinajstić information content (AvgIpc) is 3.44. The zero-order chi connectivity index (χ0) is 24.4. The second kappa shape index (κ2) is 10.7. The van der Waals surface area contributed by atoms with Crippen molar-refractivity contribution in [1.29, 1.82) is 5.41 Å². The number of nitrogens with two attached hydrogens (primary N) is 1. The van der Waals surface area contributed by atoms with Crippen LogP contribution < -0.4 is 10.5 Å². The van der Waals surface area contributed by atoms with E-state index in [1.54, 1.807) is 72.6 Å². The van der Waals surface area contributed by atoms with Crippen LogP contribution in [0.15, 0.2) is 53.1 Å². The first-order chi connectivity index (χ1) is 16.2. The van der Waals surface area contributed by atoms with Gasteiger partial charge in [0.25, 0.3) is 0 Å². The molecule has 186 valence electrons. The lowest BCUT2D eigenvalue weighted by Crippen LogP contribution is -2.38. The third kappa shape index (κ3) is 5.68. The molecule has 1 unspecified atom stereocenters. The van der Waals surface area contributed by atoms with Crippen LogP contribution in [0, 0.1) is 5.41 Å². The maximum atomic E-state index is 12.1. The number of carbonyl (C=O) groups is 2. The number of aliphatic carboxylic acids is 1. The number of carbonyl (C=O) groups excluding carboxylic acids is 1. The van der Waals surface area contributed by atoms with Gasteiger partial charge in [-0.1, -0.05) is 24.3 Å². The topological polar surface area (TPSA) is 133 Å². The first-order valence-corrected chi connectivity index (χ1v) is 11.0. The molecule has 2 amide bonds. The number of amidine groups is 1. The lowest BCUT2D eigenvalue weighted by Gasteiger charge is -2.21. The van der Waals surface area contributed by atoms with E-state index < -0.39 is 11.9 Å². The van der Waals surface area contributed by atoms with E-state index in [4.69, 9.17) is 20.3 Å². The Morgan fingerprint density at radius 3 is 2.60 bits per heavy atom. The molecule has 10 heteroatoms. The van der Waals surface area contributed by atoms with Gasteiger partial charge in [0.2, 0.25) is 0 Å². The van der Waals surface area contributed by atoms with E-state index in [0.717, 1.165) is 17.2 Å². The minimum atomic E-state index is -0.952. The smallest absolute Gasteiger partial charge is 0.319 e. The van der Waals surface area contributed by atoms with Gasteiger partial charge in [-0.15, -0.1) is 12.4 Å². The lowest BCUT2D eigenvalue weighted by molar-refractivity contribution is -0.138. The standard InChI is InChI=1S/C25H28N4O5.ClH/c1-28(2)25(32)29-10-9-19(13-29)34-18-6-3-15(4-7-18)21(24(30)31)12-22-20-8-5-16(23(26)27)11-17(20)14-33-22;/h3-8,11,14,19,21H,9-10,12-13H2,1-2H3,(H3,26,27)(H,30,31);1H/t19-,21?;/m0./s1. The van der Waals surface area contributed by atoms with Gasteiger partial charge in [0.1, 0.15) is 23.4 Å². The van der Waals surface area contributed by atoms with Crippen LogP contribution in [0.1, 0.15) is 29.2 Å². The number of nitrogen functional groups attached to an aromatic ring is 1. The fraction of sp³-hybridized carbons (Fsp3) is 0.320. The van der Waals surface area contributed by atoms with Crippen molar-refractivity contribution in [3.63, 3.8) is 0 Å². The summed E-state index contributed by atoms with van der Waals surface area (Å²) in [6, 6.07) is 12.3. The van der Waals surface area contributed by atoms with E-state index in [2.05, 4.69) is 0 Å². The summed E-state index contributed by atoms with van der Waals surface area (Å²) in [7, 11) is 3.45. The van der Waals surface area contributed by atoms with Crippen molar-refractivity contribution in [2.24, 2.45) is 5.73 Å². The lowest BCUT2D eigenvalue weighted by atomic mass is 9.93. The zero-order valence-electron chi connectivity index (χ0n) is 19.6. The van der Waals surface area contributed by atoms with Crippen LogP contribution in [-0.4, -0.2) is 66.0 Å². The quantitative estimate of drug-likeness (QED) is 0.334. The maximum Gasteiger partial charge on any atom is 0.319 e. The Morgan fingerprint density at radius 1 is 1.26 bits per heavy atom. The number of rotatable bonds is 7. The Labute approximate surface area is 209 Å². The van der Waals surface area contributed by atoms with Gasteiger partial charge < -0.3 is 29.8 Å². The molecular weight excluding hydrogens is 472 g/mol. The molecule has 1 fully saturated rings. The number of carboxylic acid groups (broad SMARTS) is 1. The fourth-order valence-corrected chi connectivity index (χ4v) is 4.22. The van der Waals surface area contributed by atoms with Gasteiger partial charge in [0.05, 0.1) is 18.7 Å². The first-order valence-electron chi connectivity index (χ1n) is 11.0. The molecular formula is C25H29ClN4O5. The number of fused-ring (bicyclic) bond motifs is 1. The molecule has 3 aromatic rings. The maximum absolute atomic E-state index is 12.1. The predicted octanol–water partition coefficient (Wildman–Crippen LogP) is 3.68. The van der Waals surface area contributed by atoms with Gasteiger partial charge >= 0.3 is 12.0 Å². The molecule has 1 saturated heterocycles. The molecule has 0 saturated carbocycles. The van der Waals surface area contributed by atoms with Crippen LogP contribution >= 0.6 is 12.4 Å². The minimum absolute atomic E-state index is 0. The van der Waals surface area contributed by atoms with Crippen LogP contribution in [0.25, 0.3) is 10.8 Å². The van der Waals surface area contributed by atoms with Crippen LogP contribution in [-0.2, 0) is 11.2 Å². The number of hydrogen-bond acceptors (Lipinski definition) is 5. The largest absolute Gasteiger partial charge is 0.489 e. The highest BCUT2D eigenvalue weighted by molar-refractivity contribution is 5.99. The summed E-state index contributed by atoms with van der Waals surface area (Å²) >= 11 is 0. The molecule has 0 radical (unpaired) electrons. The van der Waals surface area contributed by atoms with Crippen molar-refractivity contribution < 1.29 is 23.8 Å². The van der Waals surface area contributed by atoms with E-state index in [1.165, 1.54) is 0 Å². The number of ether oxygens (including phenoxy) is 1. The number of urea groups is 1. The molecule has 1 aliphatic heterocycles. The van der Waals surface area contributed by atoms with Crippen molar-refractivity contribution in [2.45, 2.75) is 24.9 Å². The van der Waals surface area contributed by atoms with Crippen molar-refractivity contribution in [3.8, 4) is 5.75 Å². The normalized spacial score (nSPS) is 15.9. The monoisotopic (exact) mass is 500 g/mol. The summed E-state index contributed by atoms with van der Waals surface area (Å²) in [5.41, 5.74) is 6.77. The van der Waals surface area contributed by atoms with E-state index in [1.807, 2.05) is 0 Å². The molecule has 9 nitrogen and oxygen atoms in total. The molecule has 4 N–H and O–H groups in total. The van der Waals surface area contributed by atoms with E-state index in [-0.39, 0.29) is 36.8 Å². The molecule has 0 bridgehead atoms. The second-order valence-corrected chi connectivity index (χ2v) is 8.69. The van der Waals surface area contributed by atoms with Crippen LogP contribution in [0.5, 0.6) is 5.75 Å². The number of nitrogens with one attached hydrogen (secondary N) is 1. The molecule has 4 rings (SSSR count). The van der Waals surface area contributed by atoms with Crippen LogP contribution in [0.4, 0.5) is 4.79 Å². The van der Waals surface area contributed by atoms with E-state index >= 15 is 0 Å². The van der Waals surface area contributed by atoms with E-state index in [9.17, 15) is 14.7 Å². The zero-order valence-corrected chi connectivity index (χ0v) is 20.4. The van der Waals surface area contributed by atoms with Gasteiger partial charge in [0, 0.05) is 49.8 Å². The van der Waals surface area contributed by atoms with Crippen molar-refractivity contribution in [1.82, 2.24) is 9.80 Å². The van der Waals surface area contributed by atoms with Crippen molar-refractivity contribution in [3.05, 3.63) is 65.6 Å². The Kier molecular flexibility index (Phi) is 7.91. The van der Waals surface area contributed by atoms with E-state index in [0.29, 0.717) is 35.7 Å². The molecule has 2 heterocycles. The second-order valence-electron chi connectivity index (χ2n) is 8.69. The number of carboxylic acids is 1. The Morgan fingerprint density at radius 2 is 1.97 bits per heavy atom. The summed E-state index contributed by atoms with van der Waals surface area (Å²) in [5, 5.41) is 19.0. The van der Waals surface area contributed by atoms with Gasteiger partial charge in [-0.25, -0.2) is 4.79 Å². The summed E-state index contributed by atoms with van der Waals surface area (Å²) in [4.78, 5) is 27.5. The van der Waals surface area contributed by atoms with Gasteiger partial charge in [-0.3, -0.25) is 10.2 Å². The molecule has 2 aromatic carbocycles. The Balaban J connectivity index is 0.00000342. The molecule has 0 spiro atoms. The molecule has 1 aromatic heterocycles. The van der Waals surface area contributed by atoms with Gasteiger partial charge in [0.15, 0.2) is 0 Å². The summed E-state index contributed by atoms with van der Waals surface area (Å²) < 4.78 is 11.7. The van der Waals surface area contributed by atoms with Crippen LogP contribution in [0.2, 0.25) is 0 Å². The summed E-state index contributed by atoms with van der Waals surface area (Å²) in [6.07, 6.45) is 2.39. The van der Waals surface area contributed by atoms with Gasteiger partial charge in [-0.05, 0) is 23.8 Å². The van der Waals surface area contributed by atoms with Crippen LogP contribution in [0.3, 0.4) is 0 Å². The number of nitrogens with zero attached hydrogens (tertiary/aromatic N) is 2. The number of benzene rings is 2. The summed E-state index contributed by atoms with van der Waals surface area (Å²) in [5.74, 6) is -0.584. The van der Waals surface area contributed by atoms with Gasteiger partial charge in [-0.2, -0.15) is 0 Å². The van der Waals surface area contributed by atoms with Crippen molar-refractivity contribution >= 4 is 41.0 Å². The molecule has 35 heavy (non-hydrogen) atoms. The average molecular weight is 501 g/mol. The third-order valence-corrected chi connectivity index (χ3v) is 6.06.